The SMILES string of the molecule is CCOc1cc(C2CC(=O)Nc3ncnn32)cc(Cl)c1OCc1ccccc1. The summed E-state index contributed by atoms with van der Waals surface area (Å²) in [7, 11) is 0. The van der Waals surface area contributed by atoms with Crippen molar-refractivity contribution in [3.8, 4) is 11.5 Å². The summed E-state index contributed by atoms with van der Waals surface area (Å²) in [6.07, 6.45) is 1.65. The first-order valence-electron chi connectivity index (χ1n) is 8.98. The minimum Gasteiger partial charge on any atom is -0.490 e. The number of carbonyl (C=O) groups is 1. The fourth-order valence-electron chi connectivity index (χ4n) is 3.18. The summed E-state index contributed by atoms with van der Waals surface area (Å²) in [5.41, 5.74) is 1.84. The Hall–Kier alpha value is -3.06. The Morgan fingerprint density at radius 3 is 2.86 bits per heavy atom. The molecular formula is C20H19ClN4O3. The van der Waals surface area contributed by atoms with Gasteiger partial charge in [0.15, 0.2) is 11.5 Å². The molecular weight excluding hydrogens is 380 g/mol. The van der Waals surface area contributed by atoms with E-state index in [1.807, 2.05) is 43.3 Å². The molecule has 0 saturated carbocycles. The molecule has 1 aromatic heterocycles. The van der Waals surface area contributed by atoms with Gasteiger partial charge in [-0.2, -0.15) is 10.1 Å². The van der Waals surface area contributed by atoms with Crippen LogP contribution >= 0.6 is 11.6 Å². The number of nitrogens with zero attached hydrogens (tertiary/aromatic N) is 3. The van der Waals surface area contributed by atoms with E-state index in [0.717, 1.165) is 11.1 Å². The predicted molar refractivity (Wildman–Crippen MR) is 105 cm³/mol. The molecule has 1 aliphatic rings. The third-order valence-corrected chi connectivity index (χ3v) is 4.72. The first-order chi connectivity index (χ1) is 13.7. The molecule has 0 aliphatic carbocycles. The number of amides is 1. The van der Waals surface area contributed by atoms with Crippen LogP contribution in [0.4, 0.5) is 5.95 Å². The van der Waals surface area contributed by atoms with E-state index in [1.54, 1.807) is 10.7 Å². The summed E-state index contributed by atoms with van der Waals surface area (Å²) in [5.74, 6) is 1.31. The van der Waals surface area contributed by atoms with Crippen molar-refractivity contribution in [3.05, 3.63) is 64.9 Å². The molecule has 1 N–H and O–H groups in total. The molecule has 144 valence electrons. The van der Waals surface area contributed by atoms with E-state index in [0.29, 0.717) is 35.7 Å². The number of benzene rings is 2. The van der Waals surface area contributed by atoms with Gasteiger partial charge in [-0.05, 0) is 30.2 Å². The number of ether oxygens (including phenoxy) is 2. The van der Waals surface area contributed by atoms with Gasteiger partial charge in [-0.15, -0.1) is 0 Å². The monoisotopic (exact) mass is 398 g/mol. The van der Waals surface area contributed by atoms with Crippen LogP contribution in [0.2, 0.25) is 5.02 Å². The van der Waals surface area contributed by atoms with Crippen LogP contribution in [0.3, 0.4) is 0 Å². The van der Waals surface area contributed by atoms with Gasteiger partial charge in [0.25, 0.3) is 0 Å². The highest BCUT2D eigenvalue weighted by molar-refractivity contribution is 6.32. The zero-order chi connectivity index (χ0) is 19.5. The van der Waals surface area contributed by atoms with Crippen molar-refractivity contribution in [1.82, 2.24) is 14.8 Å². The highest BCUT2D eigenvalue weighted by Crippen LogP contribution is 2.41. The number of halogens is 1. The lowest BCUT2D eigenvalue weighted by molar-refractivity contribution is -0.117. The zero-order valence-corrected chi connectivity index (χ0v) is 16.0. The number of rotatable bonds is 6. The van der Waals surface area contributed by atoms with E-state index >= 15 is 0 Å². The molecule has 28 heavy (non-hydrogen) atoms. The van der Waals surface area contributed by atoms with Crippen LogP contribution in [0, 0.1) is 0 Å². The molecule has 2 heterocycles. The molecule has 3 aromatic rings. The Balaban J connectivity index is 1.66. The number of aromatic nitrogens is 3. The molecule has 1 atom stereocenters. The zero-order valence-electron chi connectivity index (χ0n) is 15.3. The molecule has 0 radical (unpaired) electrons. The van der Waals surface area contributed by atoms with Crippen molar-refractivity contribution in [2.75, 3.05) is 11.9 Å². The van der Waals surface area contributed by atoms with Gasteiger partial charge in [0, 0.05) is 0 Å². The Morgan fingerprint density at radius 2 is 2.07 bits per heavy atom. The maximum Gasteiger partial charge on any atom is 0.229 e. The van der Waals surface area contributed by atoms with Gasteiger partial charge in [0.1, 0.15) is 12.9 Å². The van der Waals surface area contributed by atoms with Gasteiger partial charge in [0.05, 0.1) is 24.1 Å². The summed E-state index contributed by atoms with van der Waals surface area (Å²) in [6.45, 7) is 2.73. The Bertz CT molecular complexity index is 990. The highest BCUT2D eigenvalue weighted by atomic mass is 35.5. The quantitative estimate of drug-likeness (QED) is 0.682. The van der Waals surface area contributed by atoms with E-state index in [9.17, 15) is 4.79 Å². The fourth-order valence-corrected chi connectivity index (χ4v) is 3.45. The lowest BCUT2D eigenvalue weighted by atomic mass is 10.0. The van der Waals surface area contributed by atoms with Gasteiger partial charge in [-0.25, -0.2) is 4.68 Å². The van der Waals surface area contributed by atoms with Crippen molar-refractivity contribution < 1.29 is 14.3 Å². The maximum absolute atomic E-state index is 12.0. The van der Waals surface area contributed by atoms with Gasteiger partial charge in [-0.1, -0.05) is 41.9 Å². The van der Waals surface area contributed by atoms with E-state index in [1.165, 1.54) is 6.33 Å². The topological polar surface area (TPSA) is 78.3 Å². The second kappa shape index (κ2) is 7.90. The van der Waals surface area contributed by atoms with Crippen LogP contribution in [0.5, 0.6) is 11.5 Å². The largest absolute Gasteiger partial charge is 0.490 e. The second-order valence-electron chi connectivity index (χ2n) is 6.33. The first kappa shape index (κ1) is 18.3. The predicted octanol–water partition coefficient (Wildman–Crippen LogP) is 3.84. The van der Waals surface area contributed by atoms with E-state index < -0.39 is 0 Å². The van der Waals surface area contributed by atoms with Crippen molar-refractivity contribution in [2.24, 2.45) is 0 Å². The van der Waals surface area contributed by atoms with Crippen LogP contribution in [-0.2, 0) is 11.4 Å². The molecule has 0 spiro atoms. The van der Waals surface area contributed by atoms with Crippen LogP contribution < -0.4 is 14.8 Å². The Labute approximate surface area is 167 Å². The number of hydrogen-bond acceptors (Lipinski definition) is 5. The molecule has 8 heteroatoms. The average molecular weight is 399 g/mol. The summed E-state index contributed by atoms with van der Waals surface area (Å²) in [4.78, 5) is 16.1. The van der Waals surface area contributed by atoms with E-state index in [-0.39, 0.29) is 18.4 Å². The molecule has 1 unspecified atom stereocenters. The standard InChI is InChI=1S/C20H19ClN4O3/c1-2-27-17-9-14(16-10-18(26)24-20-22-12-23-25(16)20)8-15(21)19(17)28-11-13-6-4-3-5-7-13/h3-9,12,16H,2,10-11H2,1H3,(H,22,23,24,26). The summed E-state index contributed by atoms with van der Waals surface area (Å²) in [5, 5.41) is 7.35. The van der Waals surface area contributed by atoms with Crippen molar-refractivity contribution in [1.29, 1.82) is 0 Å². The van der Waals surface area contributed by atoms with Crippen molar-refractivity contribution in [3.63, 3.8) is 0 Å². The van der Waals surface area contributed by atoms with Crippen LogP contribution in [0.15, 0.2) is 48.8 Å². The lowest BCUT2D eigenvalue weighted by Gasteiger charge is -2.25. The van der Waals surface area contributed by atoms with Gasteiger partial charge < -0.3 is 9.47 Å². The molecule has 4 rings (SSSR count). The minimum atomic E-state index is -0.314. The van der Waals surface area contributed by atoms with Crippen LogP contribution in [-0.4, -0.2) is 27.3 Å². The van der Waals surface area contributed by atoms with E-state index in [4.69, 9.17) is 21.1 Å². The highest BCUT2D eigenvalue weighted by Gasteiger charge is 2.29. The maximum atomic E-state index is 12.0. The minimum absolute atomic E-state index is 0.121. The Kier molecular flexibility index (Phi) is 5.16. The lowest BCUT2D eigenvalue weighted by Crippen LogP contribution is -2.29. The third kappa shape index (κ3) is 3.66. The van der Waals surface area contributed by atoms with Crippen molar-refractivity contribution >= 4 is 23.5 Å². The molecule has 1 aliphatic heterocycles. The van der Waals surface area contributed by atoms with Gasteiger partial charge in [0.2, 0.25) is 11.9 Å². The first-order valence-corrected chi connectivity index (χ1v) is 9.36. The number of anilines is 1. The number of nitrogens with one attached hydrogen (secondary N) is 1. The number of hydrogen-bond donors (Lipinski definition) is 1. The van der Waals surface area contributed by atoms with Crippen LogP contribution in [0.25, 0.3) is 0 Å². The van der Waals surface area contributed by atoms with E-state index in [2.05, 4.69) is 15.4 Å². The number of fused-ring (bicyclic) bond motifs is 1. The average Bonchev–Trinajstić information content (AvgIpc) is 3.16. The summed E-state index contributed by atoms with van der Waals surface area (Å²) in [6, 6.07) is 13.2. The molecule has 0 saturated heterocycles. The van der Waals surface area contributed by atoms with Crippen molar-refractivity contribution in [2.45, 2.75) is 26.0 Å². The second-order valence-corrected chi connectivity index (χ2v) is 6.74. The molecule has 2 aromatic carbocycles. The smallest absolute Gasteiger partial charge is 0.229 e. The fraction of sp³-hybridized carbons (Fsp3) is 0.250. The third-order valence-electron chi connectivity index (χ3n) is 4.44. The molecule has 1 amide bonds. The Morgan fingerprint density at radius 1 is 1.25 bits per heavy atom. The van der Waals surface area contributed by atoms with Gasteiger partial charge in [-0.3, -0.25) is 10.1 Å². The van der Waals surface area contributed by atoms with Gasteiger partial charge >= 0.3 is 0 Å². The van der Waals surface area contributed by atoms with Crippen LogP contribution in [0.1, 0.15) is 30.5 Å². The number of carbonyl (C=O) groups excluding carboxylic acids is 1. The summed E-state index contributed by atoms with van der Waals surface area (Å²) < 4.78 is 13.4. The molecule has 0 bridgehead atoms. The molecule has 0 fully saturated rings. The summed E-state index contributed by atoms with van der Waals surface area (Å²) >= 11 is 6.54. The normalized spacial score (nSPS) is 15.6. The molecule has 7 nitrogen and oxygen atoms in total.